The molecule has 1 aliphatic rings. The molecule has 0 spiro atoms. The van der Waals surface area contributed by atoms with Crippen molar-refractivity contribution in [2.75, 3.05) is 7.11 Å². The Labute approximate surface area is 110 Å². The van der Waals surface area contributed by atoms with E-state index in [0.717, 1.165) is 37.0 Å². The van der Waals surface area contributed by atoms with Crippen molar-refractivity contribution in [2.24, 2.45) is 5.41 Å². The molecule has 1 saturated carbocycles. The summed E-state index contributed by atoms with van der Waals surface area (Å²) in [5.74, 6) is 0.840. The second-order valence-corrected chi connectivity index (χ2v) is 5.49. The van der Waals surface area contributed by atoms with Gasteiger partial charge in [-0.05, 0) is 36.0 Å². The number of hydrogen-bond acceptors (Lipinski definition) is 2. The van der Waals surface area contributed by atoms with E-state index >= 15 is 0 Å². The molecule has 96 valence electrons. The second kappa shape index (κ2) is 4.65. The van der Waals surface area contributed by atoms with Gasteiger partial charge in [-0.15, -0.1) is 0 Å². The Bertz CT molecular complexity index is 460. The summed E-state index contributed by atoms with van der Waals surface area (Å²) in [4.78, 5) is 0. The van der Waals surface area contributed by atoms with Crippen molar-refractivity contribution < 1.29 is 4.74 Å². The van der Waals surface area contributed by atoms with Gasteiger partial charge in [0.2, 0.25) is 0 Å². The lowest BCUT2D eigenvalue weighted by Gasteiger charge is -2.53. The highest BCUT2D eigenvalue weighted by atomic mass is 16.5. The molecule has 1 aromatic carbocycles. The molecular formula is C16H21NO. The van der Waals surface area contributed by atoms with Crippen molar-refractivity contribution in [3.63, 3.8) is 0 Å². The van der Waals surface area contributed by atoms with Crippen LogP contribution in [0.1, 0.15) is 45.1 Å². The maximum absolute atomic E-state index is 9.59. The van der Waals surface area contributed by atoms with Gasteiger partial charge in [-0.2, -0.15) is 5.26 Å². The lowest BCUT2D eigenvalue weighted by Crippen LogP contribution is -2.48. The van der Waals surface area contributed by atoms with E-state index in [0.29, 0.717) is 5.41 Å². The van der Waals surface area contributed by atoms with Gasteiger partial charge in [0.05, 0.1) is 18.6 Å². The van der Waals surface area contributed by atoms with Gasteiger partial charge in [-0.25, -0.2) is 0 Å². The summed E-state index contributed by atoms with van der Waals surface area (Å²) < 4.78 is 5.26. The molecule has 2 heteroatoms. The Balaban J connectivity index is 2.29. The molecule has 0 heterocycles. The number of rotatable bonds is 4. The van der Waals surface area contributed by atoms with Crippen LogP contribution in [-0.4, -0.2) is 7.11 Å². The SMILES string of the molecule is CCC1(CC)CC(C#N)(c2cccc(OC)c2)C1. The zero-order valence-corrected chi connectivity index (χ0v) is 11.5. The molecule has 2 rings (SSSR count). The van der Waals surface area contributed by atoms with Crippen LogP contribution in [0, 0.1) is 16.7 Å². The summed E-state index contributed by atoms with van der Waals surface area (Å²) in [6, 6.07) is 10.5. The minimum atomic E-state index is -0.291. The summed E-state index contributed by atoms with van der Waals surface area (Å²) in [5.41, 5.74) is 1.20. The summed E-state index contributed by atoms with van der Waals surface area (Å²) in [6.07, 6.45) is 4.29. The number of nitriles is 1. The fraction of sp³-hybridized carbons (Fsp3) is 0.562. The first-order valence-corrected chi connectivity index (χ1v) is 6.69. The Morgan fingerprint density at radius 3 is 2.44 bits per heavy atom. The predicted molar refractivity (Wildman–Crippen MR) is 72.5 cm³/mol. The third-order valence-electron chi connectivity index (χ3n) is 4.69. The normalized spacial score (nSPS) is 19.7. The van der Waals surface area contributed by atoms with Crippen molar-refractivity contribution in [2.45, 2.75) is 44.9 Å². The molecule has 0 atom stereocenters. The molecule has 0 N–H and O–H groups in total. The average molecular weight is 243 g/mol. The maximum atomic E-state index is 9.59. The number of hydrogen-bond donors (Lipinski definition) is 0. The minimum absolute atomic E-state index is 0.291. The monoisotopic (exact) mass is 243 g/mol. The molecule has 0 bridgehead atoms. The zero-order chi connectivity index (χ0) is 13.2. The highest BCUT2D eigenvalue weighted by Gasteiger charge is 2.53. The van der Waals surface area contributed by atoms with Gasteiger partial charge >= 0.3 is 0 Å². The van der Waals surface area contributed by atoms with E-state index in [1.807, 2.05) is 18.2 Å². The predicted octanol–water partition coefficient (Wildman–Crippen LogP) is 4.06. The van der Waals surface area contributed by atoms with Crippen molar-refractivity contribution in [1.82, 2.24) is 0 Å². The summed E-state index contributed by atoms with van der Waals surface area (Å²) in [6.45, 7) is 4.47. The number of ether oxygens (including phenoxy) is 1. The van der Waals surface area contributed by atoms with E-state index in [1.54, 1.807) is 7.11 Å². The fourth-order valence-electron chi connectivity index (χ4n) is 3.25. The van der Waals surface area contributed by atoms with Crippen molar-refractivity contribution in [3.05, 3.63) is 29.8 Å². The third kappa shape index (κ3) is 1.88. The van der Waals surface area contributed by atoms with Crippen LogP contribution >= 0.6 is 0 Å². The highest BCUT2D eigenvalue weighted by Crippen LogP contribution is 2.59. The average Bonchev–Trinajstić information content (AvgIpc) is 2.40. The van der Waals surface area contributed by atoms with E-state index in [4.69, 9.17) is 4.74 Å². The molecule has 1 aromatic rings. The Morgan fingerprint density at radius 1 is 1.28 bits per heavy atom. The molecule has 0 unspecified atom stereocenters. The van der Waals surface area contributed by atoms with Crippen molar-refractivity contribution in [1.29, 1.82) is 5.26 Å². The summed E-state index contributed by atoms with van der Waals surface area (Å²) in [5, 5.41) is 9.59. The number of methoxy groups -OCH3 is 1. The molecule has 0 radical (unpaired) electrons. The van der Waals surface area contributed by atoms with Crippen LogP contribution in [0.4, 0.5) is 0 Å². The Kier molecular flexibility index (Phi) is 3.34. The molecular weight excluding hydrogens is 222 g/mol. The molecule has 0 amide bonds. The number of nitrogens with zero attached hydrogens (tertiary/aromatic N) is 1. The summed E-state index contributed by atoms with van der Waals surface area (Å²) in [7, 11) is 1.67. The van der Waals surface area contributed by atoms with E-state index in [9.17, 15) is 5.26 Å². The van der Waals surface area contributed by atoms with E-state index in [-0.39, 0.29) is 5.41 Å². The van der Waals surface area contributed by atoms with E-state index < -0.39 is 0 Å². The van der Waals surface area contributed by atoms with E-state index in [2.05, 4.69) is 26.0 Å². The van der Waals surface area contributed by atoms with Crippen LogP contribution in [0.25, 0.3) is 0 Å². The first kappa shape index (κ1) is 13.0. The molecule has 0 aromatic heterocycles. The van der Waals surface area contributed by atoms with Crippen LogP contribution in [0.2, 0.25) is 0 Å². The summed E-state index contributed by atoms with van der Waals surface area (Å²) >= 11 is 0. The van der Waals surface area contributed by atoms with Gasteiger partial charge in [0.15, 0.2) is 0 Å². The second-order valence-electron chi connectivity index (χ2n) is 5.49. The molecule has 0 aliphatic heterocycles. The zero-order valence-electron chi connectivity index (χ0n) is 11.5. The Morgan fingerprint density at radius 2 is 1.94 bits per heavy atom. The molecule has 0 saturated heterocycles. The Hall–Kier alpha value is -1.49. The lowest BCUT2D eigenvalue weighted by molar-refractivity contribution is 0.0478. The first-order chi connectivity index (χ1) is 8.63. The van der Waals surface area contributed by atoms with Crippen LogP contribution in [0.15, 0.2) is 24.3 Å². The topological polar surface area (TPSA) is 33.0 Å². The van der Waals surface area contributed by atoms with Crippen LogP contribution in [-0.2, 0) is 5.41 Å². The fourth-order valence-corrected chi connectivity index (χ4v) is 3.25. The van der Waals surface area contributed by atoms with Crippen LogP contribution in [0.3, 0.4) is 0 Å². The molecule has 1 aliphatic carbocycles. The third-order valence-corrected chi connectivity index (χ3v) is 4.69. The lowest BCUT2D eigenvalue weighted by atomic mass is 9.49. The van der Waals surface area contributed by atoms with Gasteiger partial charge in [0.25, 0.3) is 0 Å². The quantitative estimate of drug-likeness (QED) is 0.799. The largest absolute Gasteiger partial charge is 0.497 e. The van der Waals surface area contributed by atoms with Gasteiger partial charge < -0.3 is 4.74 Å². The first-order valence-electron chi connectivity index (χ1n) is 6.69. The minimum Gasteiger partial charge on any atom is -0.497 e. The standard InChI is InChI=1S/C16H21NO/c1-4-15(5-2)10-16(11-15,12-17)13-7-6-8-14(9-13)18-3/h6-9H,4-5,10-11H2,1-3H3. The van der Waals surface area contributed by atoms with Crippen molar-refractivity contribution >= 4 is 0 Å². The van der Waals surface area contributed by atoms with Crippen molar-refractivity contribution in [3.8, 4) is 11.8 Å². The van der Waals surface area contributed by atoms with Crippen LogP contribution < -0.4 is 4.74 Å². The molecule has 2 nitrogen and oxygen atoms in total. The van der Waals surface area contributed by atoms with Gasteiger partial charge in [0.1, 0.15) is 5.75 Å². The number of benzene rings is 1. The van der Waals surface area contributed by atoms with Crippen LogP contribution in [0.5, 0.6) is 5.75 Å². The van der Waals surface area contributed by atoms with E-state index in [1.165, 1.54) is 0 Å². The molecule has 18 heavy (non-hydrogen) atoms. The smallest absolute Gasteiger partial charge is 0.119 e. The highest BCUT2D eigenvalue weighted by molar-refractivity contribution is 5.41. The van der Waals surface area contributed by atoms with Gasteiger partial charge in [0, 0.05) is 0 Å². The van der Waals surface area contributed by atoms with Gasteiger partial charge in [-0.3, -0.25) is 0 Å². The van der Waals surface area contributed by atoms with Gasteiger partial charge in [-0.1, -0.05) is 38.8 Å². The molecule has 1 fully saturated rings. The maximum Gasteiger partial charge on any atom is 0.119 e.